The van der Waals surface area contributed by atoms with Crippen molar-refractivity contribution in [3.63, 3.8) is 0 Å². The lowest BCUT2D eigenvalue weighted by atomic mass is 10.1. The van der Waals surface area contributed by atoms with Gasteiger partial charge in [-0.2, -0.15) is 0 Å². The third-order valence-electron chi connectivity index (χ3n) is 3.92. The summed E-state index contributed by atoms with van der Waals surface area (Å²) in [4.78, 5) is 0. The SMILES string of the molecule is Br.COc1cccc(CNC2CCCCCC2)c1OC. The van der Waals surface area contributed by atoms with E-state index in [1.807, 2.05) is 12.1 Å². The summed E-state index contributed by atoms with van der Waals surface area (Å²) in [6, 6.07) is 6.71. The highest BCUT2D eigenvalue weighted by Gasteiger charge is 2.14. The Morgan fingerprint density at radius 2 is 1.75 bits per heavy atom. The molecule has 1 aliphatic rings. The van der Waals surface area contributed by atoms with Crippen molar-refractivity contribution in [3.8, 4) is 11.5 Å². The van der Waals surface area contributed by atoms with E-state index >= 15 is 0 Å². The number of methoxy groups -OCH3 is 2. The Balaban J connectivity index is 0.00000200. The highest BCUT2D eigenvalue weighted by atomic mass is 79.9. The maximum absolute atomic E-state index is 5.47. The summed E-state index contributed by atoms with van der Waals surface area (Å²) in [6.07, 6.45) is 8.08. The van der Waals surface area contributed by atoms with Gasteiger partial charge in [-0.05, 0) is 18.9 Å². The molecule has 1 aromatic carbocycles. The highest BCUT2D eigenvalue weighted by Crippen LogP contribution is 2.30. The van der Waals surface area contributed by atoms with Crippen LogP contribution in [0.1, 0.15) is 44.1 Å². The lowest BCUT2D eigenvalue weighted by Crippen LogP contribution is -2.28. The second kappa shape index (κ2) is 9.24. The van der Waals surface area contributed by atoms with Gasteiger partial charge in [0.15, 0.2) is 11.5 Å². The molecule has 1 aliphatic carbocycles. The number of hydrogen-bond acceptors (Lipinski definition) is 3. The van der Waals surface area contributed by atoms with Crippen molar-refractivity contribution in [2.75, 3.05) is 14.2 Å². The normalized spacial score (nSPS) is 16.1. The van der Waals surface area contributed by atoms with E-state index in [0.29, 0.717) is 6.04 Å². The number of hydrogen-bond donors (Lipinski definition) is 1. The quantitative estimate of drug-likeness (QED) is 0.816. The Labute approximate surface area is 132 Å². The fraction of sp³-hybridized carbons (Fsp3) is 0.625. The van der Waals surface area contributed by atoms with Gasteiger partial charge in [0, 0.05) is 18.2 Å². The van der Waals surface area contributed by atoms with Crippen molar-refractivity contribution in [2.24, 2.45) is 0 Å². The first kappa shape index (κ1) is 17.3. The molecule has 0 saturated heterocycles. The second-order valence-electron chi connectivity index (χ2n) is 5.22. The molecule has 0 bridgehead atoms. The van der Waals surface area contributed by atoms with E-state index in [-0.39, 0.29) is 17.0 Å². The third kappa shape index (κ3) is 4.67. The van der Waals surface area contributed by atoms with Crippen LogP contribution in [-0.2, 0) is 6.54 Å². The van der Waals surface area contributed by atoms with Crippen molar-refractivity contribution in [1.82, 2.24) is 5.32 Å². The highest BCUT2D eigenvalue weighted by molar-refractivity contribution is 8.93. The van der Waals surface area contributed by atoms with E-state index in [4.69, 9.17) is 9.47 Å². The second-order valence-corrected chi connectivity index (χ2v) is 5.22. The zero-order chi connectivity index (χ0) is 13.5. The fourth-order valence-corrected chi connectivity index (χ4v) is 2.83. The summed E-state index contributed by atoms with van der Waals surface area (Å²) in [7, 11) is 3.38. The zero-order valence-corrected chi connectivity index (χ0v) is 14.2. The van der Waals surface area contributed by atoms with Crippen LogP contribution in [0.5, 0.6) is 11.5 Å². The van der Waals surface area contributed by atoms with Crippen molar-refractivity contribution >= 4 is 17.0 Å². The molecule has 114 valence electrons. The van der Waals surface area contributed by atoms with Gasteiger partial charge < -0.3 is 14.8 Å². The maximum atomic E-state index is 5.47. The van der Waals surface area contributed by atoms with Gasteiger partial charge >= 0.3 is 0 Å². The van der Waals surface area contributed by atoms with Crippen LogP contribution in [0.25, 0.3) is 0 Å². The molecule has 0 heterocycles. The molecule has 1 N–H and O–H groups in total. The van der Waals surface area contributed by atoms with E-state index in [0.717, 1.165) is 18.0 Å². The molecule has 0 unspecified atom stereocenters. The zero-order valence-electron chi connectivity index (χ0n) is 12.5. The standard InChI is InChI=1S/C16H25NO2.BrH/c1-18-15-11-7-8-13(16(15)19-2)12-17-14-9-5-3-4-6-10-14;/h7-8,11,14,17H,3-6,9-10,12H2,1-2H3;1H. The van der Waals surface area contributed by atoms with E-state index < -0.39 is 0 Å². The van der Waals surface area contributed by atoms with E-state index in [9.17, 15) is 0 Å². The lowest BCUT2D eigenvalue weighted by molar-refractivity contribution is 0.349. The van der Waals surface area contributed by atoms with Gasteiger partial charge in [-0.15, -0.1) is 17.0 Å². The van der Waals surface area contributed by atoms with E-state index in [1.54, 1.807) is 14.2 Å². The minimum absolute atomic E-state index is 0. The topological polar surface area (TPSA) is 30.5 Å². The Hall–Kier alpha value is -0.740. The molecule has 0 amide bonds. The molecule has 1 aromatic rings. The monoisotopic (exact) mass is 343 g/mol. The Kier molecular flexibility index (Phi) is 8.00. The minimum atomic E-state index is 0. The van der Waals surface area contributed by atoms with Crippen molar-refractivity contribution in [3.05, 3.63) is 23.8 Å². The predicted molar refractivity (Wildman–Crippen MR) is 88.2 cm³/mol. The molecular formula is C16H26BrNO2. The van der Waals surface area contributed by atoms with Gasteiger partial charge in [0.25, 0.3) is 0 Å². The first-order valence-electron chi connectivity index (χ1n) is 7.28. The molecule has 1 fully saturated rings. The first-order chi connectivity index (χ1) is 9.35. The van der Waals surface area contributed by atoms with Crippen LogP contribution in [0.4, 0.5) is 0 Å². The molecular weight excluding hydrogens is 318 g/mol. The van der Waals surface area contributed by atoms with Gasteiger partial charge in [0.1, 0.15) is 0 Å². The third-order valence-corrected chi connectivity index (χ3v) is 3.92. The summed E-state index contributed by atoms with van der Waals surface area (Å²) in [5, 5.41) is 3.67. The molecule has 0 aromatic heterocycles. The van der Waals surface area contributed by atoms with Crippen LogP contribution in [-0.4, -0.2) is 20.3 Å². The van der Waals surface area contributed by atoms with Crippen LogP contribution >= 0.6 is 17.0 Å². The molecule has 0 spiro atoms. The van der Waals surface area contributed by atoms with Gasteiger partial charge in [-0.25, -0.2) is 0 Å². The number of para-hydroxylation sites is 1. The molecule has 20 heavy (non-hydrogen) atoms. The van der Waals surface area contributed by atoms with Crippen LogP contribution in [0.2, 0.25) is 0 Å². The predicted octanol–water partition coefficient (Wildman–Crippen LogP) is 4.09. The summed E-state index contributed by atoms with van der Waals surface area (Å²) < 4.78 is 10.8. The fourth-order valence-electron chi connectivity index (χ4n) is 2.83. The molecule has 3 nitrogen and oxygen atoms in total. The van der Waals surface area contributed by atoms with Gasteiger partial charge in [-0.1, -0.05) is 37.8 Å². The summed E-state index contributed by atoms with van der Waals surface area (Å²) >= 11 is 0. The number of benzene rings is 1. The molecule has 4 heteroatoms. The van der Waals surface area contributed by atoms with Crippen molar-refractivity contribution in [2.45, 2.75) is 51.1 Å². The number of nitrogens with one attached hydrogen (secondary N) is 1. The maximum Gasteiger partial charge on any atom is 0.165 e. The molecule has 2 rings (SSSR count). The largest absolute Gasteiger partial charge is 0.493 e. The number of ether oxygens (including phenoxy) is 2. The van der Waals surface area contributed by atoms with Gasteiger partial charge in [0.2, 0.25) is 0 Å². The number of halogens is 1. The Bertz CT molecular complexity index is 390. The van der Waals surface area contributed by atoms with Crippen LogP contribution in [0, 0.1) is 0 Å². The van der Waals surface area contributed by atoms with Crippen LogP contribution in [0.15, 0.2) is 18.2 Å². The number of rotatable bonds is 5. The van der Waals surface area contributed by atoms with E-state index in [1.165, 1.54) is 44.1 Å². The van der Waals surface area contributed by atoms with Gasteiger partial charge in [0.05, 0.1) is 14.2 Å². The van der Waals surface area contributed by atoms with Crippen molar-refractivity contribution in [1.29, 1.82) is 0 Å². The minimum Gasteiger partial charge on any atom is -0.493 e. The van der Waals surface area contributed by atoms with Crippen molar-refractivity contribution < 1.29 is 9.47 Å². The average Bonchev–Trinajstić information content (AvgIpc) is 2.73. The van der Waals surface area contributed by atoms with Gasteiger partial charge in [-0.3, -0.25) is 0 Å². The Morgan fingerprint density at radius 3 is 2.35 bits per heavy atom. The lowest BCUT2D eigenvalue weighted by Gasteiger charge is -2.18. The first-order valence-corrected chi connectivity index (χ1v) is 7.28. The van der Waals surface area contributed by atoms with Crippen LogP contribution < -0.4 is 14.8 Å². The van der Waals surface area contributed by atoms with E-state index in [2.05, 4.69) is 11.4 Å². The molecule has 0 radical (unpaired) electrons. The molecule has 0 atom stereocenters. The Morgan fingerprint density at radius 1 is 1.05 bits per heavy atom. The summed E-state index contributed by atoms with van der Waals surface area (Å²) in [6.45, 7) is 0.852. The van der Waals surface area contributed by atoms with Crippen LogP contribution in [0.3, 0.4) is 0 Å². The molecule has 0 aliphatic heterocycles. The molecule has 1 saturated carbocycles. The summed E-state index contributed by atoms with van der Waals surface area (Å²) in [5.74, 6) is 1.66. The average molecular weight is 344 g/mol. The summed E-state index contributed by atoms with van der Waals surface area (Å²) in [5.41, 5.74) is 1.17. The smallest absolute Gasteiger partial charge is 0.165 e.